The van der Waals surface area contributed by atoms with Gasteiger partial charge in [-0.25, -0.2) is 8.78 Å². The largest absolute Gasteiger partial charge is 0.385 e. The normalized spacial score (nSPS) is 11.4. The summed E-state index contributed by atoms with van der Waals surface area (Å²) in [6, 6.07) is 9.97. The van der Waals surface area contributed by atoms with E-state index in [4.69, 9.17) is 5.73 Å². The first-order valence-corrected chi connectivity index (χ1v) is 6.33. The van der Waals surface area contributed by atoms with E-state index in [2.05, 4.69) is 15.2 Å². The molecule has 0 radical (unpaired) electrons. The Morgan fingerprint density at radius 2 is 1.77 bits per heavy atom. The highest BCUT2D eigenvalue weighted by atomic mass is 19.2. The zero-order chi connectivity index (χ0) is 15.7. The number of halogens is 2. The topological polar surface area (TPSA) is 83.6 Å². The number of fused-ring (bicyclic) bond motifs is 1. The number of carbonyl (C=O) groups is 1. The number of hydrogen-bond acceptors (Lipinski definition) is 3. The minimum Gasteiger partial charge on any atom is -0.385 e. The van der Waals surface area contributed by atoms with Crippen LogP contribution < -0.4 is 5.73 Å². The molecule has 0 aliphatic heterocycles. The summed E-state index contributed by atoms with van der Waals surface area (Å²) in [6.45, 7) is 0. The van der Waals surface area contributed by atoms with E-state index < -0.39 is 17.5 Å². The first kappa shape index (κ1) is 13.9. The van der Waals surface area contributed by atoms with Crippen LogP contribution in [0.4, 0.5) is 20.4 Å². The molecule has 0 unspecified atom stereocenters. The average Bonchev–Trinajstić information content (AvgIpc) is 2.84. The van der Waals surface area contributed by atoms with Crippen LogP contribution in [0, 0.1) is 11.6 Å². The van der Waals surface area contributed by atoms with Crippen molar-refractivity contribution in [3.63, 3.8) is 0 Å². The molecule has 0 aliphatic rings. The van der Waals surface area contributed by atoms with Crippen LogP contribution in [-0.2, 0) is 0 Å². The van der Waals surface area contributed by atoms with Gasteiger partial charge < -0.3 is 10.7 Å². The number of nitrogen functional groups attached to an aromatic ring is 1. The number of amides is 1. The van der Waals surface area contributed by atoms with E-state index >= 15 is 0 Å². The van der Waals surface area contributed by atoms with E-state index in [9.17, 15) is 13.6 Å². The summed E-state index contributed by atoms with van der Waals surface area (Å²) in [5.74, 6) is -2.20. The molecule has 3 aromatic rings. The lowest BCUT2D eigenvalue weighted by Crippen LogP contribution is -1.96. The van der Waals surface area contributed by atoms with Gasteiger partial charge in [0, 0.05) is 16.3 Å². The van der Waals surface area contributed by atoms with Crippen molar-refractivity contribution in [2.75, 3.05) is 5.73 Å². The van der Waals surface area contributed by atoms with E-state index in [0.29, 0.717) is 17.0 Å². The molecule has 5 nitrogen and oxygen atoms in total. The molecule has 0 aliphatic carbocycles. The lowest BCUT2D eigenvalue weighted by Gasteiger charge is -1.96. The number of anilines is 1. The van der Waals surface area contributed by atoms with Crippen LogP contribution in [0.2, 0.25) is 0 Å². The highest BCUT2D eigenvalue weighted by Crippen LogP contribution is 2.30. The van der Waals surface area contributed by atoms with Crippen LogP contribution in [0.3, 0.4) is 0 Å². The Labute approximate surface area is 123 Å². The van der Waals surface area contributed by atoms with Crippen molar-refractivity contribution >= 4 is 28.3 Å². The number of nitrogens with two attached hydrogens (primary N) is 1. The second kappa shape index (κ2) is 5.36. The number of H-pyrrole nitrogens is 1. The molecule has 3 N–H and O–H groups in total. The van der Waals surface area contributed by atoms with Crippen LogP contribution >= 0.6 is 0 Å². The maximum Gasteiger partial charge on any atom is 0.295 e. The Hall–Kier alpha value is -3.09. The third-order valence-corrected chi connectivity index (χ3v) is 3.13. The molecule has 7 heteroatoms. The van der Waals surface area contributed by atoms with Gasteiger partial charge in [-0.3, -0.25) is 4.79 Å². The van der Waals surface area contributed by atoms with Gasteiger partial charge in [-0.15, -0.1) is 10.2 Å². The number of benzene rings is 2. The lowest BCUT2D eigenvalue weighted by molar-refractivity contribution is 0.0994. The van der Waals surface area contributed by atoms with Crippen molar-refractivity contribution in [2.45, 2.75) is 0 Å². The third-order valence-electron chi connectivity index (χ3n) is 3.13. The van der Waals surface area contributed by atoms with E-state index in [1.54, 1.807) is 18.2 Å². The molecule has 3 rings (SSSR count). The predicted molar refractivity (Wildman–Crippen MR) is 77.9 cm³/mol. The average molecular weight is 300 g/mol. The number of aromatic amines is 1. The number of hydrogen-bond donors (Lipinski definition) is 2. The Balaban J connectivity index is 1.92. The molecule has 0 spiro atoms. The van der Waals surface area contributed by atoms with Crippen molar-refractivity contribution in [2.24, 2.45) is 10.2 Å². The van der Waals surface area contributed by atoms with Gasteiger partial charge in [-0.05, 0) is 18.2 Å². The van der Waals surface area contributed by atoms with Gasteiger partial charge in [0.15, 0.2) is 17.5 Å². The maximum absolute atomic E-state index is 13.1. The Morgan fingerprint density at radius 3 is 2.50 bits per heavy atom. The quantitative estimate of drug-likeness (QED) is 0.702. The summed E-state index contributed by atoms with van der Waals surface area (Å²) >= 11 is 0. The SMILES string of the molecule is Nc1[nH]c(N=NC(=O)c2ccc(F)c(F)c2)c2ccccc12. The number of nitrogens with one attached hydrogen (secondary N) is 1. The first-order chi connectivity index (χ1) is 10.6. The molecular formula is C15H10F2N4O. The van der Waals surface area contributed by atoms with Crippen LogP contribution in [0.1, 0.15) is 10.4 Å². The lowest BCUT2D eigenvalue weighted by atomic mass is 10.2. The molecule has 0 bridgehead atoms. The minimum atomic E-state index is -1.12. The van der Waals surface area contributed by atoms with Crippen LogP contribution in [-0.4, -0.2) is 10.9 Å². The zero-order valence-electron chi connectivity index (χ0n) is 11.2. The maximum atomic E-state index is 13.1. The van der Waals surface area contributed by atoms with Gasteiger partial charge in [-0.1, -0.05) is 24.3 Å². The van der Waals surface area contributed by atoms with Gasteiger partial charge in [0.25, 0.3) is 5.91 Å². The summed E-state index contributed by atoms with van der Waals surface area (Å²) in [6.07, 6.45) is 0. The van der Waals surface area contributed by atoms with Crippen molar-refractivity contribution < 1.29 is 13.6 Å². The second-order valence-electron chi connectivity index (χ2n) is 4.57. The minimum absolute atomic E-state index is 0.0912. The van der Waals surface area contributed by atoms with E-state index in [-0.39, 0.29) is 5.56 Å². The molecule has 0 saturated heterocycles. The van der Waals surface area contributed by atoms with E-state index in [1.165, 1.54) is 0 Å². The number of nitrogens with zero attached hydrogens (tertiary/aromatic N) is 2. The van der Waals surface area contributed by atoms with Crippen molar-refractivity contribution in [3.8, 4) is 0 Å². The van der Waals surface area contributed by atoms with E-state index in [1.807, 2.05) is 6.07 Å². The monoisotopic (exact) mass is 300 g/mol. The molecule has 1 heterocycles. The van der Waals surface area contributed by atoms with Gasteiger partial charge in [0.2, 0.25) is 0 Å². The summed E-state index contributed by atoms with van der Waals surface area (Å²) in [5.41, 5.74) is 5.71. The fourth-order valence-electron chi connectivity index (χ4n) is 2.05. The fourth-order valence-corrected chi connectivity index (χ4v) is 2.05. The summed E-state index contributed by atoms with van der Waals surface area (Å²) in [5, 5.41) is 8.79. The van der Waals surface area contributed by atoms with Gasteiger partial charge in [-0.2, -0.15) is 0 Å². The fraction of sp³-hybridized carbons (Fsp3) is 0. The molecule has 1 aromatic heterocycles. The highest BCUT2D eigenvalue weighted by Gasteiger charge is 2.10. The molecule has 0 atom stereocenters. The van der Waals surface area contributed by atoms with E-state index in [0.717, 1.165) is 23.6 Å². The van der Waals surface area contributed by atoms with Crippen molar-refractivity contribution in [1.82, 2.24) is 4.98 Å². The molecule has 1 amide bonds. The number of aromatic nitrogens is 1. The molecule has 0 fully saturated rings. The highest BCUT2D eigenvalue weighted by molar-refractivity contribution is 6.00. The Morgan fingerprint density at radius 1 is 1.05 bits per heavy atom. The second-order valence-corrected chi connectivity index (χ2v) is 4.57. The smallest absolute Gasteiger partial charge is 0.295 e. The van der Waals surface area contributed by atoms with Gasteiger partial charge >= 0.3 is 0 Å². The molecule has 22 heavy (non-hydrogen) atoms. The molecule has 0 saturated carbocycles. The number of azo groups is 1. The zero-order valence-corrected chi connectivity index (χ0v) is 11.2. The summed E-state index contributed by atoms with van der Waals surface area (Å²) in [4.78, 5) is 14.6. The molecule has 110 valence electrons. The summed E-state index contributed by atoms with van der Waals surface area (Å²) in [7, 11) is 0. The first-order valence-electron chi connectivity index (χ1n) is 6.33. The van der Waals surface area contributed by atoms with Crippen LogP contribution in [0.25, 0.3) is 10.8 Å². The van der Waals surface area contributed by atoms with Gasteiger partial charge in [0.1, 0.15) is 5.82 Å². The standard InChI is InChI=1S/C15H10F2N4O/c16-11-6-5-8(7-12(11)17)15(22)21-20-14-10-4-2-1-3-9(10)13(18)19-14/h1-7,19H,18H2. The molecular weight excluding hydrogens is 290 g/mol. The third kappa shape index (κ3) is 2.44. The van der Waals surface area contributed by atoms with Crippen molar-refractivity contribution in [1.29, 1.82) is 0 Å². The Bertz CT molecular complexity index is 902. The predicted octanol–water partition coefficient (Wildman–Crippen LogP) is 3.95. The molecule has 2 aromatic carbocycles. The number of carbonyl (C=O) groups excluding carboxylic acids is 1. The van der Waals surface area contributed by atoms with Gasteiger partial charge in [0.05, 0.1) is 0 Å². The van der Waals surface area contributed by atoms with Crippen molar-refractivity contribution in [3.05, 3.63) is 59.7 Å². The number of rotatable bonds is 2. The summed E-state index contributed by atoms with van der Waals surface area (Å²) < 4.78 is 25.9. The van der Waals surface area contributed by atoms with Crippen LogP contribution in [0.15, 0.2) is 52.7 Å². The Kier molecular flexibility index (Phi) is 3.38. The van der Waals surface area contributed by atoms with Crippen LogP contribution in [0.5, 0.6) is 0 Å².